The molecule has 0 aliphatic heterocycles. The minimum Gasteiger partial charge on any atom is -0.462 e. The Morgan fingerprint density at radius 3 is 0.724 bits per heavy atom. The largest absolute Gasteiger partial charge is 0.472 e. The molecule has 0 amide bonds. The van der Waals surface area contributed by atoms with Gasteiger partial charge in [-0.1, -0.05) is 402 Å². The van der Waals surface area contributed by atoms with Crippen LogP contribution < -0.4 is 0 Å². The molecule has 7 atom stereocenters. The van der Waals surface area contributed by atoms with Crippen LogP contribution in [0.5, 0.6) is 0 Å². The molecular formula is C86H168O17P2. The van der Waals surface area contributed by atoms with Crippen molar-refractivity contribution >= 4 is 39.5 Å². The molecule has 0 aliphatic rings. The number of unbranched alkanes of at least 4 members (excludes halogenated alkanes) is 50. The second kappa shape index (κ2) is 76.1. The number of hydrogen-bond acceptors (Lipinski definition) is 15. The number of carbonyl (C=O) groups excluding carboxylic acids is 4. The third kappa shape index (κ3) is 77.2. The van der Waals surface area contributed by atoms with E-state index in [4.69, 9.17) is 37.0 Å². The first-order chi connectivity index (χ1) is 50.8. The SMILES string of the molecule is CCCCCCCCCCC(=O)OC[C@H](COP(=O)(O)OC[C@H](O)COP(=O)(O)OC[C@@H](COC(=O)CCCCCCCCCCCCCCCCCCCCC(C)C)OC(=O)CCCCCCCCCCCCCCCCCCCCC(C)CC)OC(=O)CCCCCCCCCCCCC(C)CC. The quantitative estimate of drug-likeness (QED) is 0.0222. The first-order valence-corrected chi connectivity index (χ1v) is 47.4. The van der Waals surface area contributed by atoms with Crippen molar-refractivity contribution in [1.82, 2.24) is 0 Å². The van der Waals surface area contributed by atoms with E-state index in [0.29, 0.717) is 25.7 Å². The first-order valence-electron chi connectivity index (χ1n) is 44.4. The second-order valence-electron chi connectivity index (χ2n) is 31.9. The molecule has 0 aromatic heterocycles. The Balaban J connectivity index is 5.18. The van der Waals surface area contributed by atoms with Gasteiger partial charge in [-0.3, -0.25) is 37.3 Å². The summed E-state index contributed by atoms with van der Waals surface area (Å²) >= 11 is 0. The molecule has 0 fully saturated rings. The van der Waals surface area contributed by atoms with Crippen molar-refractivity contribution in [2.75, 3.05) is 39.6 Å². The number of phosphoric acid groups is 2. The van der Waals surface area contributed by atoms with Crippen LogP contribution in [0.1, 0.15) is 453 Å². The normalized spacial score (nSPS) is 14.4. The Labute approximate surface area is 645 Å². The molecule has 0 bridgehead atoms. The fourth-order valence-corrected chi connectivity index (χ4v) is 14.9. The van der Waals surface area contributed by atoms with Crippen molar-refractivity contribution < 1.29 is 80.2 Å². The zero-order valence-electron chi connectivity index (χ0n) is 69.2. The summed E-state index contributed by atoms with van der Waals surface area (Å²) in [5, 5.41) is 10.7. The van der Waals surface area contributed by atoms with Gasteiger partial charge < -0.3 is 33.8 Å². The van der Waals surface area contributed by atoms with Gasteiger partial charge in [-0.05, 0) is 43.4 Å². The van der Waals surface area contributed by atoms with Gasteiger partial charge in [0.05, 0.1) is 26.4 Å². The first kappa shape index (κ1) is 103. The maximum Gasteiger partial charge on any atom is 0.472 e. The predicted molar refractivity (Wildman–Crippen MR) is 432 cm³/mol. The van der Waals surface area contributed by atoms with Gasteiger partial charge in [0.25, 0.3) is 0 Å². The monoisotopic (exact) mass is 1540 g/mol. The lowest BCUT2D eigenvalue weighted by Crippen LogP contribution is -2.30. The van der Waals surface area contributed by atoms with E-state index in [0.717, 1.165) is 114 Å². The van der Waals surface area contributed by atoms with Crippen LogP contribution in [-0.4, -0.2) is 96.7 Å². The molecule has 3 N–H and O–H groups in total. The molecule has 0 saturated heterocycles. The summed E-state index contributed by atoms with van der Waals surface area (Å²) in [6, 6.07) is 0. The fourth-order valence-electron chi connectivity index (χ4n) is 13.3. The Bertz CT molecular complexity index is 2030. The summed E-state index contributed by atoms with van der Waals surface area (Å²) in [7, 11) is -9.92. The standard InChI is InChI=1S/C86H168O17P2/c1-8-11-12-13-14-46-53-60-67-83(88)96-73-81(102-86(91)70-63-56-49-42-36-35-39-45-52-59-66-79(7)10-3)75-100-104(92,93)98-71-80(87)72-99-105(94,95)101-76-82(74-97-84(89)68-61-54-47-40-33-29-25-21-17-15-19-23-27-31-37-43-50-57-64-77(4)5)103-85(90)69-62-55-48-41-34-30-26-22-18-16-20-24-28-32-38-44-51-58-65-78(6)9-2/h77-82,87H,8-76H2,1-7H3,(H,92,93)(H,94,95)/t78?,79?,80-,81+,82+/m0/s1. The third-order valence-electron chi connectivity index (χ3n) is 20.9. The number of phosphoric ester groups is 2. The van der Waals surface area contributed by atoms with E-state index in [1.165, 1.54) is 257 Å². The van der Waals surface area contributed by atoms with E-state index >= 15 is 0 Å². The molecule has 19 heteroatoms. The zero-order valence-corrected chi connectivity index (χ0v) is 71.0. The number of esters is 4. The van der Waals surface area contributed by atoms with Gasteiger partial charge in [-0.25, -0.2) is 9.13 Å². The summed E-state index contributed by atoms with van der Waals surface area (Å²) in [5.74, 6) is 0.389. The molecule has 0 rings (SSSR count). The molecule has 624 valence electrons. The molecule has 0 aromatic rings. The molecule has 0 radical (unpaired) electrons. The molecule has 0 saturated carbocycles. The number of ether oxygens (including phenoxy) is 4. The molecule has 0 aliphatic carbocycles. The van der Waals surface area contributed by atoms with Crippen LogP contribution in [0.25, 0.3) is 0 Å². The van der Waals surface area contributed by atoms with Crippen LogP contribution in [0.2, 0.25) is 0 Å². The van der Waals surface area contributed by atoms with Gasteiger partial charge in [0.2, 0.25) is 0 Å². The van der Waals surface area contributed by atoms with E-state index in [2.05, 4.69) is 48.5 Å². The second-order valence-corrected chi connectivity index (χ2v) is 34.8. The van der Waals surface area contributed by atoms with Crippen molar-refractivity contribution in [1.29, 1.82) is 0 Å². The van der Waals surface area contributed by atoms with Crippen LogP contribution in [-0.2, 0) is 65.4 Å². The Kier molecular flexibility index (Phi) is 74.7. The highest BCUT2D eigenvalue weighted by molar-refractivity contribution is 7.47. The molecule has 4 unspecified atom stereocenters. The van der Waals surface area contributed by atoms with Gasteiger partial charge in [0.15, 0.2) is 12.2 Å². The van der Waals surface area contributed by atoms with Crippen molar-refractivity contribution in [3.63, 3.8) is 0 Å². The number of aliphatic hydroxyl groups excluding tert-OH is 1. The summed E-state index contributed by atoms with van der Waals surface area (Å²) in [6.07, 6.45) is 66.7. The van der Waals surface area contributed by atoms with Crippen molar-refractivity contribution in [3.05, 3.63) is 0 Å². The van der Waals surface area contributed by atoms with Crippen LogP contribution in [0.15, 0.2) is 0 Å². The predicted octanol–water partition coefficient (Wildman–Crippen LogP) is 26.1. The van der Waals surface area contributed by atoms with E-state index in [1.54, 1.807) is 0 Å². The van der Waals surface area contributed by atoms with Crippen LogP contribution in [0.3, 0.4) is 0 Å². The maximum atomic E-state index is 13.1. The van der Waals surface area contributed by atoms with Gasteiger partial charge in [-0.15, -0.1) is 0 Å². The molecule has 105 heavy (non-hydrogen) atoms. The lowest BCUT2D eigenvalue weighted by Gasteiger charge is -2.21. The third-order valence-corrected chi connectivity index (χ3v) is 22.8. The highest BCUT2D eigenvalue weighted by atomic mass is 31.2. The average molecular weight is 1540 g/mol. The Hall–Kier alpha value is -1.94. The summed E-state index contributed by atoms with van der Waals surface area (Å²) in [6.45, 7) is 12.1. The molecule has 0 spiro atoms. The van der Waals surface area contributed by atoms with E-state index in [1.807, 2.05) is 0 Å². The number of aliphatic hydroxyl groups is 1. The summed E-state index contributed by atoms with van der Waals surface area (Å²) in [5.41, 5.74) is 0. The summed E-state index contributed by atoms with van der Waals surface area (Å²) in [4.78, 5) is 73.1. The minimum atomic E-state index is -4.97. The van der Waals surface area contributed by atoms with Crippen LogP contribution >= 0.6 is 15.6 Å². The fraction of sp³-hybridized carbons (Fsp3) is 0.953. The maximum absolute atomic E-state index is 13.1. The van der Waals surface area contributed by atoms with Gasteiger partial charge in [0.1, 0.15) is 19.3 Å². The summed E-state index contributed by atoms with van der Waals surface area (Å²) < 4.78 is 68.8. The van der Waals surface area contributed by atoms with Crippen molar-refractivity contribution in [2.45, 2.75) is 471 Å². The van der Waals surface area contributed by atoms with E-state index < -0.39 is 97.5 Å². The van der Waals surface area contributed by atoms with E-state index in [9.17, 15) is 43.2 Å². The average Bonchev–Trinajstić information content (AvgIpc) is 0.906. The van der Waals surface area contributed by atoms with Crippen LogP contribution in [0.4, 0.5) is 0 Å². The number of hydrogen-bond donors (Lipinski definition) is 3. The van der Waals surface area contributed by atoms with Gasteiger partial charge in [0, 0.05) is 25.7 Å². The topological polar surface area (TPSA) is 237 Å². The minimum absolute atomic E-state index is 0.106. The number of rotatable bonds is 84. The highest BCUT2D eigenvalue weighted by Gasteiger charge is 2.30. The van der Waals surface area contributed by atoms with Crippen LogP contribution in [0, 0.1) is 17.8 Å². The number of carbonyl (C=O) groups is 4. The molecule has 0 heterocycles. The Morgan fingerprint density at radius 2 is 0.486 bits per heavy atom. The molecule has 17 nitrogen and oxygen atoms in total. The zero-order chi connectivity index (χ0) is 77.2. The van der Waals surface area contributed by atoms with Gasteiger partial charge in [-0.2, -0.15) is 0 Å². The lowest BCUT2D eigenvalue weighted by atomic mass is 9.99. The smallest absolute Gasteiger partial charge is 0.462 e. The van der Waals surface area contributed by atoms with Crippen molar-refractivity contribution in [2.24, 2.45) is 17.8 Å². The molecule has 0 aromatic carbocycles. The highest BCUT2D eigenvalue weighted by Crippen LogP contribution is 2.45. The van der Waals surface area contributed by atoms with Crippen molar-refractivity contribution in [3.8, 4) is 0 Å². The lowest BCUT2D eigenvalue weighted by molar-refractivity contribution is -0.161. The van der Waals surface area contributed by atoms with E-state index in [-0.39, 0.29) is 25.7 Å². The molecular weight excluding hydrogens is 1370 g/mol. The Morgan fingerprint density at radius 1 is 0.276 bits per heavy atom. The van der Waals surface area contributed by atoms with Gasteiger partial charge >= 0.3 is 39.5 Å².